The number of rotatable bonds is 9. The van der Waals surface area contributed by atoms with Gasteiger partial charge in [-0.3, -0.25) is 9.59 Å². The molecule has 0 bridgehead atoms. The summed E-state index contributed by atoms with van der Waals surface area (Å²) in [6.45, 7) is 4.44. The van der Waals surface area contributed by atoms with E-state index in [2.05, 4.69) is 23.8 Å². The van der Waals surface area contributed by atoms with Gasteiger partial charge in [0.15, 0.2) is 0 Å². The van der Waals surface area contributed by atoms with Gasteiger partial charge in [-0.15, -0.1) is 0 Å². The Balaban J connectivity index is 2.25. The van der Waals surface area contributed by atoms with Crippen LogP contribution in [0.15, 0.2) is 30.3 Å². The zero-order chi connectivity index (χ0) is 14.8. The molecule has 0 N–H and O–H groups in total. The molecule has 0 aliphatic carbocycles. The topological polar surface area (TPSA) is 52.6 Å². The van der Waals surface area contributed by atoms with Crippen molar-refractivity contribution in [3.63, 3.8) is 0 Å². The summed E-state index contributed by atoms with van der Waals surface area (Å²) >= 11 is 0. The van der Waals surface area contributed by atoms with E-state index in [1.54, 1.807) is 0 Å². The van der Waals surface area contributed by atoms with Gasteiger partial charge < -0.3 is 9.47 Å². The second-order valence-corrected chi connectivity index (χ2v) is 5.05. The SMILES string of the molecule is CC(Cc1ccccc1)CC(C)OC(=O)CCOC=O. The number of carbonyl (C=O) groups is 2. The van der Waals surface area contributed by atoms with Gasteiger partial charge in [-0.05, 0) is 31.2 Å². The van der Waals surface area contributed by atoms with Crippen molar-refractivity contribution in [1.29, 1.82) is 0 Å². The molecule has 4 nitrogen and oxygen atoms in total. The molecule has 1 rings (SSSR count). The number of hydrogen-bond donors (Lipinski definition) is 0. The van der Waals surface area contributed by atoms with Gasteiger partial charge in [-0.25, -0.2) is 0 Å². The molecule has 2 unspecified atom stereocenters. The molecule has 0 saturated heterocycles. The fraction of sp³-hybridized carbons (Fsp3) is 0.500. The molecule has 110 valence electrons. The molecule has 0 spiro atoms. The Bertz CT molecular complexity index is 402. The maximum absolute atomic E-state index is 11.4. The fourth-order valence-electron chi connectivity index (χ4n) is 2.19. The van der Waals surface area contributed by atoms with Crippen molar-refractivity contribution in [3.8, 4) is 0 Å². The molecule has 1 aromatic carbocycles. The molecule has 0 saturated carbocycles. The molecule has 4 heteroatoms. The molecule has 2 atom stereocenters. The molecule has 0 radical (unpaired) electrons. The normalized spacial score (nSPS) is 13.3. The molecule has 1 aromatic rings. The Morgan fingerprint density at radius 1 is 1.25 bits per heavy atom. The van der Waals surface area contributed by atoms with Crippen LogP contribution >= 0.6 is 0 Å². The Morgan fingerprint density at radius 3 is 2.60 bits per heavy atom. The Hall–Kier alpha value is -1.84. The minimum Gasteiger partial charge on any atom is -0.467 e. The van der Waals surface area contributed by atoms with Gasteiger partial charge >= 0.3 is 5.97 Å². The Labute approximate surface area is 120 Å². The van der Waals surface area contributed by atoms with Crippen LogP contribution in [0.3, 0.4) is 0 Å². The lowest BCUT2D eigenvalue weighted by Gasteiger charge is -2.18. The first-order chi connectivity index (χ1) is 9.61. The summed E-state index contributed by atoms with van der Waals surface area (Å²) in [5.74, 6) is 0.109. The lowest BCUT2D eigenvalue weighted by molar-refractivity contribution is -0.150. The highest BCUT2D eigenvalue weighted by atomic mass is 16.5. The lowest BCUT2D eigenvalue weighted by Crippen LogP contribution is -2.19. The van der Waals surface area contributed by atoms with Crippen LogP contribution in [-0.2, 0) is 25.5 Å². The van der Waals surface area contributed by atoms with Crippen LogP contribution in [0.2, 0.25) is 0 Å². The average molecular weight is 278 g/mol. The summed E-state index contributed by atoms with van der Waals surface area (Å²) in [5, 5.41) is 0. The quantitative estimate of drug-likeness (QED) is 0.396. The molecule has 0 aliphatic rings. The molecule has 0 amide bonds. The number of benzene rings is 1. The maximum atomic E-state index is 11.4. The number of carbonyl (C=O) groups excluding carboxylic acids is 2. The predicted molar refractivity (Wildman–Crippen MR) is 76.1 cm³/mol. The lowest BCUT2D eigenvalue weighted by atomic mass is 9.96. The van der Waals surface area contributed by atoms with Crippen LogP contribution in [0, 0.1) is 5.92 Å². The maximum Gasteiger partial charge on any atom is 0.309 e. The van der Waals surface area contributed by atoms with Crippen molar-refractivity contribution in [2.45, 2.75) is 39.2 Å². The third kappa shape index (κ3) is 6.92. The average Bonchev–Trinajstić information content (AvgIpc) is 2.39. The number of hydrogen-bond acceptors (Lipinski definition) is 4. The molecule has 0 fully saturated rings. The minimum atomic E-state index is -0.328. The van der Waals surface area contributed by atoms with E-state index in [1.807, 2.05) is 25.1 Å². The van der Waals surface area contributed by atoms with Crippen LogP contribution in [0.5, 0.6) is 0 Å². The van der Waals surface area contributed by atoms with Crippen molar-refractivity contribution in [2.75, 3.05) is 6.61 Å². The number of esters is 1. The van der Waals surface area contributed by atoms with Crippen molar-refractivity contribution in [2.24, 2.45) is 5.92 Å². The highest BCUT2D eigenvalue weighted by Crippen LogP contribution is 2.15. The number of ether oxygens (including phenoxy) is 2. The van der Waals surface area contributed by atoms with Gasteiger partial charge in [-0.1, -0.05) is 37.3 Å². The Kier molecular flexibility index (Phi) is 7.40. The van der Waals surface area contributed by atoms with Crippen molar-refractivity contribution in [1.82, 2.24) is 0 Å². The monoisotopic (exact) mass is 278 g/mol. The first-order valence-electron chi connectivity index (χ1n) is 6.90. The molecule has 0 aromatic heterocycles. The summed E-state index contributed by atoms with van der Waals surface area (Å²) in [6, 6.07) is 10.3. The smallest absolute Gasteiger partial charge is 0.309 e. The van der Waals surface area contributed by atoms with E-state index < -0.39 is 0 Å². The summed E-state index contributed by atoms with van der Waals surface area (Å²) in [7, 11) is 0. The predicted octanol–water partition coefficient (Wildman–Crippen LogP) is 2.75. The second kappa shape index (κ2) is 9.13. The molecular weight excluding hydrogens is 256 g/mol. The van der Waals surface area contributed by atoms with E-state index in [9.17, 15) is 9.59 Å². The summed E-state index contributed by atoms with van der Waals surface area (Å²) in [6.07, 6.45) is 1.76. The van der Waals surface area contributed by atoms with E-state index in [0.717, 1.165) is 12.8 Å². The van der Waals surface area contributed by atoms with Gasteiger partial charge in [0.1, 0.15) is 6.61 Å². The van der Waals surface area contributed by atoms with E-state index in [1.165, 1.54) is 5.56 Å². The largest absolute Gasteiger partial charge is 0.467 e. The van der Waals surface area contributed by atoms with E-state index in [0.29, 0.717) is 12.4 Å². The van der Waals surface area contributed by atoms with Gasteiger partial charge in [0.2, 0.25) is 0 Å². The van der Waals surface area contributed by atoms with Crippen molar-refractivity contribution >= 4 is 12.4 Å². The minimum absolute atomic E-state index is 0.0780. The molecular formula is C16H22O4. The van der Waals surface area contributed by atoms with Gasteiger partial charge in [0.25, 0.3) is 6.47 Å². The molecule has 0 aliphatic heterocycles. The zero-order valence-electron chi connectivity index (χ0n) is 12.1. The molecule has 0 heterocycles. The van der Waals surface area contributed by atoms with Gasteiger partial charge in [0, 0.05) is 0 Å². The van der Waals surface area contributed by atoms with Crippen molar-refractivity contribution in [3.05, 3.63) is 35.9 Å². The summed E-state index contributed by atoms with van der Waals surface area (Å²) in [4.78, 5) is 21.4. The third-order valence-corrected chi connectivity index (χ3v) is 2.99. The van der Waals surface area contributed by atoms with E-state index >= 15 is 0 Å². The van der Waals surface area contributed by atoms with E-state index in [4.69, 9.17) is 4.74 Å². The fourth-order valence-corrected chi connectivity index (χ4v) is 2.19. The third-order valence-electron chi connectivity index (χ3n) is 2.99. The first kappa shape index (κ1) is 16.2. The van der Waals surface area contributed by atoms with Crippen molar-refractivity contribution < 1.29 is 19.1 Å². The highest BCUT2D eigenvalue weighted by molar-refractivity contribution is 5.69. The van der Waals surface area contributed by atoms with Crippen LogP contribution in [0.25, 0.3) is 0 Å². The Morgan fingerprint density at radius 2 is 1.95 bits per heavy atom. The summed E-state index contributed by atoms with van der Waals surface area (Å²) < 4.78 is 9.73. The van der Waals surface area contributed by atoms with Crippen LogP contribution in [0.1, 0.15) is 32.3 Å². The molecule has 20 heavy (non-hydrogen) atoms. The zero-order valence-corrected chi connectivity index (χ0v) is 12.1. The second-order valence-electron chi connectivity index (χ2n) is 5.05. The van der Waals surface area contributed by atoms with Gasteiger partial charge in [-0.2, -0.15) is 0 Å². The standard InChI is InChI=1S/C16H22O4/c1-13(11-15-6-4-3-5-7-15)10-14(2)20-16(18)8-9-19-12-17/h3-7,12-14H,8-11H2,1-2H3. The van der Waals surface area contributed by atoms with E-state index in [-0.39, 0.29) is 25.1 Å². The first-order valence-corrected chi connectivity index (χ1v) is 6.90. The van der Waals surface area contributed by atoms with Crippen LogP contribution < -0.4 is 0 Å². The highest BCUT2D eigenvalue weighted by Gasteiger charge is 2.13. The van der Waals surface area contributed by atoms with Gasteiger partial charge in [0.05, 0.1) is 12.5 Å². The van der Waals surface area contributed by atoms with Crippen LogP contribution in [0.4, 0.5) is 0 Å². The van der Waals surface area contributed by atoms with Crippen LogP contribution in [-0.4, -0.2) is 25.2 Å². The summed E-state index contributed by atoms with van der Waals surface area (Å²) in [5.41, 5.74) is 1.29.